The molecule has 5 nitrogen and oxygen atoms in total. The number of hydrogen-bond donors (Lipinski definition) is 0. The van der Waals surface area contributed by atoms with Gasteiger partial charge in [0.05, 0.1) is 7.11 Å². The first-order chi connectivity index (χ1) is 6.72. The summed E-state index contributed by atoms with van der Waals surface area (Å²) in [6, 6.07) is 3.53. The Bertz CT molecular complexity index is 490. The minimum atomic E-state index is -0.469. The highest BCUT2D eigenvalue weighted by Crippen LogP contribution is 2.12. The summed E-state index contributed by atoms with van der Waals surface area (Å²) in [5.74, 6) is -0.469. The maximum absolute atomic E-state index is 11.1. The van der Waals surface area contributed by atoms with Crippen molar-refractivity contribution in [3.8, 4) is 0 Å². The molecule has 0 spiro atoms. The average Bonchev–Trinajstić information content (AvgIpc) is 2.59. The van der Waals surface area contributed by atoms with Gasteiger partial charge in [0, 0.05) is 18.6 Å². The Labute approximate surface area is 80.3 Å². The van der Waals surface area contributed by atoms with Crippen LogP contribution < -0.4 is 0 Å². The van der Waals surface area contributed by atoms with Gasteiger partial charge >= 0.3 is 5.97 Å². The van der Waals surface area contributed by atoms with Crippen molar-refractivity contribution in [3.05, 3.63) is 24.0 Å². The monoisotopic (exact) mass is 191 g/mol. The third-order valence-electron chi connectivity index (χ3n) is 2.01. The van der Waals surface area contributed by atoms with Crippen molar-refractivity contribution in [1.29, 1.82) is 0 Å². The molecule has 2 aromatic rings. The van der Waals surface area contributed by atoms with Crippen LogP contribution in [0, 0.1) is 0 Å². The lowest BCUT2D eigenvalue weighted by atomic mass is 10.3. The first-order valence-electron chi connectivity index (χ1n) is 4.09. The number of rotatable bonds is 1. The molecule has 0 unspecified atom stereocenters. The summed E-state index contributed by atoms with van der Waals surface area (Å²) in [7, 11) is 3.19. The van der Waals surface area contributed by atoms with Gasteiger partial charge in [-0.15, -0.1) is 10.2 Å². The van der Waals surface area contributed by atoms with Crippen molar-refractivity contribution in [2.24, 2.45) is 7.05 Å². The number of carbonyl (C=O) groups is 1. The molecular weight excluding hydrogens is 182 g/mol. The van der Waals surface area contributed by atoms with Gasteiger partial charge in [0.15, 0.2) is 11.3 Å². The van der Waals surface area contributed by atoms with Gasteiger partial charge in [-0.05, 0) is 12.1 Å². The van der Waals surface area contributed by atoms with Crippen LogP contribution in [0.15, 0.2) is 18.3 Å². The Kier molecular flexibility index (Phi) is 1.92. The molecule has 2 heterocycles. The first kappa shape index (κ1) is 8.68. The van der Waals surface area contributed by atoms with Crippen LogP contribution in [0.2, 0.25) is 0 Å². The summed E-state index contributed by atoms with van der Waals surface area (Å²) in [6.45, 7) is 0. The second kappa shape index (κ2) is 3.10. The lowest BCUT2D eigenvalue weighted by Gasteiger charge is -1.97. The van der Waals surface area contributed by atoms with Crippen LogP contribution in [0.3, 0.4) is 0 Å². The highest BCUT2D eigenvalue weighted by atomic mass is 16.5. The van der Waals surface area contributed by atoms with Crippen molar-refractivity contribution in [2.45, 2.75) is 0 Å². The zero-order valence-corrected chi connectivity index (χ0v) is 7.89. The second-order valence-corrected chi connectivity index (χ2v) is 2.93. The molecule has 0 N–H and O–H groups in total. The van der Waals surface area contributed by atoms with Crippen molar-refractivity contribution in [1.82, 2.24) is 14.8 Å². The van der Waals surface area contributed by atoms with E-state index in [0.29, 0.717) is 0 Å². The summed E-state index contributed by atoms with van der Waals surface area (Å²) in [6.07, 6.45) is 1.86. The zero-order chi connectivity index (χ0) is 10.1. The van der Waals surface area contributed by atoms with Crippen molar-refractivity contribution in [2.75, 3.05) is 7.11 Å². The highest BCUT2D eigenvalue weighted by molar-refractivity contribution is 5.90. The van der Waals surface area contributed by atoms with E-state index in [1.54, 1.807) is 6.07 Å². The lowest BCUT2D eigenvalue weighted by molar-refractivity contribution is 0.0593. The number of methoxy groups -OCH3 is 1. The van der Waals surface area contributed by atoms with Gasteiger partial charge in [0.2, 0.25) is 0 Å². The molecule has 0 aromatic carbocycles. The Morgan fingerprint density at radius 3 is 3.00 bits per heavy atom. The molecule has 14 heavy (non-hydrogen) atoms. The lowest BCUT2D eigenvalue weighted by Crippen LogP contribution is -2.05. The van der Waals surface area contributed by atoms with E-state index in [1.807, 2.05) is 23.9 Å². The quantitative estimate of drug-likeness (QED) is 0.624. The molecule has 2 aromatic heterocycles. The van der Waals surface area contributed by atoms with Gasteiger partial charge in [-0.1, -0.05) is 0 Å². The predicted molar refractivity (Wildman–Crippen MR) is 49.8 cm³/mol. The van der Waals surface area contributed by atoms with Crippen LogP contribution in [-0.2, 0) is 11.8 Å². The van der Waals surface area contributed by atoms with Crippen molar-refractivity contribution >= 4 is 17.0 Å². The van der Waals surface area contributed by atoms with E-state index in [9.17, 15) is 4.79 Å². The fourth-order valence-corrected chi connectivity index (χ4v) is 1.26. The number of aryl methyl sites for hydroxylation is 1. The summed E-state index contributed by atoms with van der Waals surface area (Å²) in [5, 5.41) is 8.56. The molecule has 72 valence electrons. The van der Waals surface area contributed by atoms with Gasteiger partial charge < -0.3 is 9.30 Å². The molecule has 2 rings (SSSR count). The summed E-state index contributed by atoms with van der Waals surface area (Å²) in [4.78, 5) is 11.1. The summed E-state index contributed by atoms with van der Waals surface area (Å²) in [5.41, 5.74) is 0.976. The first-order valence-corrected chi connectivity index (χ1v) is 4.09. The van der Waals surface area contributed by atoms with E-state index in [0.717, 1.165) is 11.0 Å². The molecule has 0 radical (unpaired) electrons. The summed E-state index contributed by atoms with van der Waals surface area (Å²) >= 11 is 0. The zero-order valence-electron chi connectivity index (χ0n) is 7.89. The van der Waals surface area contributed by atoms with E-state index in [-0.39, 0.29) is 5.69 Å². The van der Waals surface area contributed by atoms with Gasteiger partial charge in [0.25, 0.3) is 0 Å². The molecule has 0 fully saturated rings. The SMILES string of the molecule is COC(=O)c1cc2ccn(C)c2nn1. The Morgan fingerprint density at radius 2 is 2.29 bits per heavy atom. The third-order valence-corrected chi connectivity index (χ3v) is 2.01. The normalized spacial score (nSPS) is 10.4. The van der Waals surface area contributed by atoms with E-state index in [2.05, 4.69) is 14.9 Å². The number of hydrogen-bond acceptors (Lipinski definition) is 4. The van der Waals surface area contributed by atoms with Crippen LogP contribution in [0.25, 0.3) is 11.0 Å². The van der Waals surface area contributed by atoms with E-state index < -0.39 is 5.97 Å². The maximum atomic E-state index is 11.1. The molecule has 0 atom stereocenters. The second-order valence-electron chi connectivity index (χ2n) is 2.93. The van der Waals surface area contributed by atoms with Gasteiger partial charge in [0.1, 0.15) is 0 Å². The number of nitrogens with zero attached hydrogens (tertiary/aromatic N) is 3. The largest absolute Gasteiger partial charge is 0.464 e. The number of fused-ring (bicyclic) bond motifs is 1. The van der Waals surface area contributed by atoms with Crippen molar-refractivity contribution < 1.29 is 9.53 Å². The van der Waals surface area contributed by atoms with E-state index in [4.69, 9.17) is 0 Å². The van der Waals surface area contributed by atoms with E-state index >= 15 is 0 Å². The van der Waals surface area contributed by atoms with Crippen LogP contribution in [0.4, 0.5) is 0 Å². The van der Waals surface area contributed by atoms with Gasteiger partial charge in [-0.3, -0.25) is 0 Å². The van der Waals surface area contributed by atoms with Crippen LogP contribution in [0.5, 0.6) is 0 Å². The summed E-state index contributed by atoms with van der Waals surface area (Å²) < 4.78 is 6.38. The van der Waals surface area contributed by atoms with Crippen LogP contribution >= 0.6 is 0 Å². The molecule has 0 saturated carbocycles. The highest BCUT2D eigenvalue weighted by Gasteiger charge is 2.09. The predicted octanol–water partition coefficient (Wildman–Crippen LogP) is 0.755. The van der Waals surface area contributed by atoms with Crippen molar-refractivity contribution in [3.63, 3.8) is 0 Å². The molecule has 0 aliphatic rings. The topological polar surface area (TPSA) is 57.0 Å². The fourth-order valence-electron chi connectivity index (χ4n) is 1.26. The minimum Gasteiger partial charge on any atom is -0.464 e. The molecule has 0 bridgehead atoms. The fraction of sp³-hybridized carbons (Fsp3) is 0.222. The van der Waals surface area contributed by atoms with Gasteiger partial charge in [-0.2, -0.15) is 0 Å². The number of ether oxygens (including phenoxy) is 1. The molecule has 5 heteroatoms. The maximum Gasteiger partial charge on any atom is 0.358 e. The Morgan fingerprint density at radius 1 is 1.50 bits per heavy atom. The standard InChI is InChI=1S/C9H9N3O2/c1-12-4-3-6-5-7(9(13)14-2)10-11-8(6)12/h3-5H,1-2H3. The van der Waals surface area contributed by atoms with Crippen LogP contribution in [0.1, 0.15) is 10.5 Å². The Balaban J connectivity index is 2.57. The van der Waals surface area contributed by atoms with Gasteiger partial charge in [-0.25, -0.2) is 4.79 Å². The molecule has 0 amide bonds. The number of esters is 1. The molecular formula is C9H9N3O2. The Hall–Kier alpha value is -1.91. The minimum absolute atomic E-state index is 0.228. The van der Waals surface area contributed by atoms with Crippen LogP contribution in [-0.4, -0.2) is 27.8 Å². The third kappa shape index (κ3) is 1.22. The number of aromatic nitrogens is 3. The molecule has 0 aliphatic heterocycles. The number of carbonyl (C=O) groups excluding carboxylic acids is 1. The molecule has 0 saturated heterocycles. The average molecular weight is 191 g/mol. The molecule has 0 aliphatic carbocycles. The smallest absolute Gasteiger partial charge is 0.358 e. The van der Waals surface area contributed by atoms with E-state index in [1.165, 1.54) is 7.11 Å².